The Labute approximate surface area is 174 Å². The van der Waals surface area contributed by atoms with Crippen molar-refractivity contribution < 1.29 is 14.4 Å². The van der Waals surface area contributed by atoms with Gasteiger partial charge in [0.2, 0.25) is 5.91 Å². The number of nitrogens with one attached hydrogen (secondary N) is 3. The van der Waals surface area contributed by atoms with Crippen LogP contribution in [0.4, 0.5) is 0 Å². The second-order valence-electron chi connectivity index (χ2n) is 7.15. The molecule has 0 radical (unpaired) electrons. The molecule has 30 heavy (non-hydrogen) atoms. The summed E-state index contributed by atoms with van der Waals surface area (Å²) >= 11 is 0. The van der Waals surface area contributed by atoms with Crippen LogP contribution in [0.2, 0.25) is 0 Å². The van der Waals surface area contributed by atoms with E-state index in [0.717, 1.165) is 0 Å². The predicted octanol–water partition coefficient (Wildman–Crippen LogP) is 2.22. The smallest absolute Gasteiger partial charge is 0.270 e. The first-order valence-corrected chi connectivity index (χ1v) is 9.55. The summed E-state index contributed by atoms with van der Waals surface area (Å²) < 4.78 is 0. The van der Waals surface area contributed by atoms with Gasteiger partial charge in [0.25, 0.3) is 11.8 Å². The predicted molar refractivity (Wildman–Crippen MR) is 113 cm³/mol. The van der Waals surface area contributed by atoms with E-state index in [9.17, 15) is 14.4 Å². The van der Waals surface area contributed by atoms with Crippen LogP contribution in [0.5, 0.6) is 0 Å². The largest absolute Gasteiger partial charge is 0.344 e. The van der Waals surface area contributed by atoms with Crippen molar-refractivity contribution in [3.8, 4) is 11.4 Å². The number of fused-ring (bicyclic) bond motifs is 1. The average molecular weight is 405 g/mol. The molecular formula is C22H23N5O3. The lowest BCUT2D eigenvalue weighted by molar-refractivity contribution is -0.129. The molecule has 0 unspecified atom stereocenters. The first-order chi connectivity index (χ1) is 14.4. The molecule has 3 N–H and O–H groups in total. The Bertz CT molecular complexity index is 1080. The zero-order chi connectivity index (χ0) is 21.7. The lowest BCUT2D eigenvalue weighted by Gasteiger charge is -2.21. The van der Waals surface area contributed by atoms with Gasteiger partial charge >= 0.3 is 0 Å². The van der Waals surface area contributed by atoms with Gasteiger partial charge in [-0.25, -0.2) is 4.98 Å². The lowest BCUT2D eigenvalue weighted by atomic mass is 10.0. The molecule has 0 fully saturated rings. The van der Waals surface area contributed by atoms with Crippen molar-refractivity contribution in [2.75, 3.05) is 0 Å². The number of amides is 3. The normalized spacial score (nSPS) is 11.7. The number of para-hydroxylation sites is 1. The fourth-order valence-corrected chi connectivity index (χ4v) is 3.03. The summed E-state index contributed by atoms with van der Waals surface area (Å²) in [5.74, 6) is -1.47. The quantitative estimate of drug-likeness (QED) is 0.564. The summed E-state index contributed by atoms with van der Waals surface area (Å²) in [5.41, 5.74) is 7.00. The van der Waals surface area contributed by atoms with E-state index < -0.39 is 17.9 Å². The standard InChI is InChI=1S/C22H23N5O3/c1-13(2)20(24-14(3)28)22(30)27-26-21(29)16-12-19(18-10-6-7-11-23-18)25-17-9-5-4-8-15(16)17/h4-13,20H,1-3H3,(H,24,28)(H,26,29)(H,27,30)/t20-/m1/s1. The molecule has 0 bridgehead atoms. The molecular weight excluding hydrogens is 382 g/mol. The minimum atomic E-state index is -0.763. The second-order valence-corrected chi connectivity index (χ2v) is 7.15. The van der Waals surface area contributed by atoms with E-state index in [0.29, 0.717) is 27.9 Å². The third kappa shape index (κ3) is 4.78. The van der Waals surface area contributed by atoms with Gasteiger partial charge in [-0.15, -0.1) is 0 Å². The summed E-state index contributed by atoms with van der Waals surface area (Å²) in [7, 11) is 0. The molecule has 0 saturated heterocycles. The van der Waals surface area contributed by atoms with E-state index in [1.165, 1.54) is 6.92 Å². The molecule has 154 valence electrons. The number of nitrogens with zero attached hydrogens (tertiary/aromatic N) is 2. The summed E-state index contributed by atoms with van der Waals surface area (Å²) in [6.07, 6.45) is 1.65. The minimum Gasteiger partial charge on any atom is -0.344 e. The van der Waals surface area contributed by atoms with Crippen molar-refractivity contribution in [3.05, 3.63) is 60.3 Å². The summed E-state index contributed by atoms with van der Waals surface area (Å²) in [4.78, 5) is 45.6. The van der Waals surface area contributed by atoms with Crippen molar-refractivity contribution in [3.63, 3.8) is 0 Å². The van der Waals surface area contributed by atoms with Gasteiger partial charge < -0.3 is 5.32 Å². The van der Waals surface area contributed by atoms with E-state index in [-0.39, 0.29) is 11.8 Å². The molecule has 1 aromatic carbocycles. The monoisotopic (exact) mass is 405 g/mol. The van der Waals surface area contributed by atoms with Crippen LogP contribution >= 0.6 is 0 Å². The van der Waals surface area contributed by atoms with Crippen molar-refractivity contribution in [2.45, 2.75) is 26.8 Å². The maximum atomic E-state index is 12.9. The van der Waals surface area contributed by atoms with Crippen molar-refractivity contribution in [1.82, 2.24) is 26.1 Å². The van der Waals surface area contributed by atoms with Crippen LogP contribution in [0.15, 0.2) is 54.7 Å². The SMILES string of the molecule is CC(=O)N[C@@H](C(=O)NNC(=O)c1cc(-c2ccccn2)nc2ccccc12)C(C)C. The number of hydrazine groups is 1. The Morgan fingerprint density at radius 2 is 1.67 bits per heavy atom. The summed E-state index contributed by atoms with van der Waals surface area (Å²) in [6, 6.07) is 13.6. The van der Waals surface area contributed by atoms with Gasteiger partial charge in [-0.1, -0.05) is 38.1 Å². The van der Waals surface area contributed by atoms with Crippen LogP contribution in [0.25, 0.3) is 22.3 Å². The number of pyridine rings is 2. The molecule has 8 heteroatoms. The molecule has 0 spiro atoms. The Morgan fingerprint density at radius 1 is 0.933 bits per heavy atom. The molecule has 0 saturated carbocycles. The summed E-state index contributed by atoms with van der Waals surface area (Å²) in [5, 5.41) is 3.23. The highest BCUT2D eigenvalue weighted by molar-refractivity contribution is 6.07. The molecule has 0 aliphatic heterocycles. The van der Waals surface area contributed by atoms with Gasteiger partial charge in [0.05, 0.1) is 22.5 Å². The van der Waals surface area contributed by atoms with Gasteiger partial charge in [0.15, 0.2) is 0 Å². The Morgan fingerprint density at radius 3 is 2.33 bits per heavy atom. The molecule has 2 aromatic heterocycles. The lowest BCUT2D eigenvalue weighted by Crippen LogP contribution is -2.54. The van der Waals surface area contributed by atoms with Gasteiger partial charge in [0, 0.05) is 18.5 Å². The fraction of sp³-hybridized carbons (Fsp3) is 0.227. The molecule has 0 aliphatic rings. The average Bonchev–Trinajstić information content (AvgIpc) is 2.75. The molecule has 3 aromatic rings. The van der Waals surface area contributed by atoms with Crippen LogP contribution in [0.1, 0.15) is 31.1 Å². The second kappa shape index (κ2) is 9.13. The van der Waals surface area contributed by atoms with E-state index in [2.05, 4.69) is 26.1 Å². The Kier molecular flexibility index (Phi) is 6.36. The van der Waals surface area contributed by atoms with Crippen LogP contribution in [-0.2, 0) is 9.59 Å². The third-order valence-electron chi connectivity index (χ3n) is 4.50. The fourth-order valence-electron chi connectivity index (χ4n) is 3.03. The molecule has 3 rings (SSSR count). The maximum Gasteiger partial charge on any atom is 0.270 e. The Balaban J connectivity index is 1.87. The maximum absolute atomic E-state index is 12.9. The molecule has 2 heterocycles. The zero-order valence-electron chi connectivity index (χ0n) is 17.0. The van der Waals surface area contributed by atoms with Crippen LogP contribution in [0, 0.1) is 5.92 Å². The molecule has 0 aliphatic carbocycles. The van der Waals surface area contributed by atoms with E-state index in [1.807, 2.05) is 24.3 Å². The van der Waals surface area contributed by atoms with E-state index in [1.54, 1.807) is 44.3 Å². The number of rotatable bonds is 5. The van der Waals surface area contributed by atoms with E-state index in [4.69, 9.17) is 0 Å². The van der Waals surface area contributed by atoms with Crippen molar-refractivity contribution in [1.29, 1.82) is 0 Å². The third-order valence-corrected chi connectivity index (χ3v) is 4.50. The number of benzene rings is 1. The van der Waals surface area contributed by atoms with Crippen LogP contribution in [0.3, 0.4) is 0 Å². The van der Waals surface area contributed by atoms with Gasteiger partial charge in [-0.3, -0.25) is 30.2 Å². The topological polar surface area (TPSA) is 113 Å². The highest BCUT2D eigenvalue weighted by atomic mass is 16.2. The highest BCUT2D eigenvalue weighted by Crippen LogP contribution is 2.23. The number of carbonyl (C=O) groups excluding carboxylic acids is 3. The van der Waals surface area contributed by atoms with Gasteiger partial charge in [-0.2, -0.15) is 0 Å². The first kappa shape index (κ1) is 20.9. The van der Waals surface area contributed by atoms with Crippen molar-refractivity contribution >= 4 is 28.6 Å². The first-order valence-electron chi connectivity index (χ1n) is 9.55. The zero-order valence-corrected chi connectivity index (χ0v) is 17.0. The molecule has 3 amide bonds. The van der Waals surface area contributed by atoms with E-state index >= 15 is 0 Å². The van der Waals surface area contributed by atoms with Crippen LogP contribution in [-0.4, -0.2) is 33.7 Å². The number of hydrogen-bond donors (Lipinski definition) is 3. The van der Waals surface area contributed by atoms with Gasteiger partial charge in [0.1, 0.15) is 6.04 Å². The molecule has 8 nitrogen and oxygen atoms in total. The summed E-state index contributed by atoms with van der Waals surface area (Å²) in [6.45, 7) is 4.94. The minimum absolute atomic E-state index is 0.150. The number of hydrogen-bond acceptors (Lipinski definition) is 5. The molecule has 1 atom stereocenters. The van der Waals surface area contributed by atoms with Crippen LogP contribution < -0.4 is 16.2 Å². The number of aromatic nitrogens is 2. The number of carbonyl (C=O) groups is 3. The van der Waals surface area contributed by atoms with Gasteiger partial charge in [-0.05, 0) is 30.2 Å². The van der Waals surface area contributed by atoms with Crippen molar-refractivity contribution in [2.24, 2.45) is 5.92 Å². The highest BCUT2D eigenvalue weighted by Gasteiger charge is 2.24. The Hall–Kier alpha value is -3.81.